The Bertz CT molecular complexity index is 1000. The van der Waals surface area contributed by atoms with Crippen molar-refractivity contribution in [2.24, 2.45) is 0 Å². The number of benzene rings is 2. The predicted molar refractivity (Wildman–Crippen MR) is 105 cm³/mol. The molecule has 0 bridgehead atoms. The maximum atomic E-state index is 13.0. The molecule has 1 N–H and O–H groups in total. The molecule has 3 aromatic rings. The van der Waals surface area contributed by atoms with Crippen LogP contribution in [-0.2, 0) is 6.54 Å². The number of carbonyl (C=O) groups is 1. The van der Waals surface area contributed by atoms with E-state index in [9.17, 15) is 9.59 Å². The highest BCUT2D eigenvalue weighted by molar-refractivity contribution is 5.95. The fourth-order valence-electron chi connectivity index (χ4n) is 2.96. The molecule has 6 heteroatoms. The normalized spacial score (nSPS) is 10.6. The van der Waals surface area contributed by atoms with E-state index in [4.69, 9.17) is 9.47 Å². The van der Waals surface area contributed by atoms with Crippen molar-refractivity contribution in [3.63, 3.8) is 0 Å². The van der Waals surface area contributed by atoms with E-state index < -0.39 is 0 Å². The molecule has 1 heterocycles. The van der Waals surface area contributed by atoms with Crippen molar-refractivity contribution in [3.05, 3.63) is 70.0 Å². The molecule has 6 nitrogen and oxygen atoms in total. The Morgan fingerprint density at radius 1 is 1.04 bits per heavy atom. The number of fused-ring (bicyclic) bond motifs is 1. The van der Waals surface area contributed by atoms with E-state index in [2.05, 4.69) is 4.98 Å². The van der Waals surface area contributed by atoms with Gasteiger partial charge in [-0.25, -0.2) is 0 Å². The van der Waals surface area contributed by atoms with E-state index in [0.717, 1.165) is 10.9 Å². The third-order valence-electron chi connectivity index (χ3n) is 4.46. The number of hydrogen-bond acceptors (Lipinski definition) is 4. The first-order valence-corrected chi connectivity index (χ1v) is 8.69. The molecule has 1 amide bonds. The van der Waals surface area contributed by atoms with Crippen molar-refractivity contribution in [1.82, 2.24) is 9.88 Å². The van der Waals surface area contributed by atoms with Gasteiger partial charge in [0.05, 0.1) is 20.8 Å². The number of carbonyl (C=O) groups excluding carboxylic acids is 1. The highest BCUT2D eigenvalue weighted by atomic mass is 16.5. The molecule has 0 fully saturated rings. The van der Waals surface area contributed by atoms with Crippen LogP contribution in [0, 0.1) is 0 Å². The highest BCUT2D eigenvalue weighted by Gasteiger charge is 2.18. The van der Waals surface area contributed by atoms with Crippen LogP contribution in [-0.4, -0.2) is 36.6 Å². The van der Waals surface area contributed by atoms with Crippen LogP contribution < -0.4 is 15.0 Å². The second-order valence-corrected chi connectivity index (χ2v) is 6.13. The molecule has 0 atom stereocenters. The van der Waals surface area contributed by atoms with Gasteiger partial charge in [-0.2, -0.15) is 0 Å². The first kappa shape index (κ1) is 18.5. The smallest absolute Gasteiger partial charge is 0.254 e. The quantitative estimate of drug-likeness (QED) is 0.727. The van der Waals surface area contributed by atoms with E-state index in [1.807, 2.05) is 37.3 Å². The summed E-state index contributed by atoms with van der Waals surface area (Å²) in [5.74, 6) is 0.886. The fourth-order valence-corrected chi connectivity index (χ4v) is 2.96. The number of nitrogens with zero attached hydrogens (tertiary/aromatic N) is 1. The van der Waals surface area contributed by atoms with Gasteiger partial charge < -0.3 is 19.4 Å². The van der Waals surface area contributed by atoms with E-state index in [1.165, 1.54) is 14.2 Å². The zero-order valence-corrected chi connectivity index (χ0v) is 15.6. The Morgan fingerprint density at radius 3 is 2.33 bits per heavy atom. The number of aromatic amines is 1. The van der Waals surface area contributed by atoms with Crippen LogP contribution in [0.15, 0.2) is 53.3 Å². The highest BCUT2D eigenvalue weighted by Crippen LogP contribution is 2.24. The molecule has 0 unspecified atom stereocenters. The molecule has 0 aliphatic carbocycles. The number of amides is 1. The standard InChI is InChI=1S/C21H22N2O4/c1-4-23(21(25)15-10-17(26-2)12-18(11-15)27-3)13-16-9-14-7-5-6-8-19(14)22-20(16)24/h5-12H,4,13H2,1-3H3,(H,22,24). The maximum absolute atomic E-state index is 13.0. The Balaban J connectivity index is 1.92. The second kappa shape index (κ2) is 7.95. The van der Waals surface area contributed by atoms with Gasteiger partial charge in [-0.1, -0.05) is 18.2 Å². The molecular formula is C21H22N2O4. The summed E-state index contributed by atoms with van der Waals surface area (Å²) < 4.78 is 10.5. The van der Waals surface area contributed by atoms with Crippen LogP contribution in [0.4, 0.5) is 0 Å². The molecular weight excluding hydrogens is 344 g/mol. The lowest BCUT2D eigenvalue weighted by atomic mass is 10.1. The van der Waals surface area contributed by atoms with Crippen molar-refractivity contribution in [3.8, 4) is 11.5 Å². The van der Waals surface area contributed by atoms with E-state index >= 15 is 0 Å². The van der Waals surface area contributed by atoms with Crippen LogP contribution in [0.3, 0.4) is 0 Å². The molecule has 3 rings (SSSR count). The number of pyridine rings is 1. The topological polar surface area (TPSA) is 71.6 Å². The summed E-state index contributed by atoms with van der Waals surface area (Å²) >= 11 is 0. The summed E-state index contributed by atoms with van der Waals surface area (Å²) in [6.45, 7) is 2.56. The number of methoxy groups -OCH3 is 2. The van der Waals surface area contributed by atoms with Gasteiger partial charge in [-0.05, 0) is 36.6 Å². The van der Waals surface area contributed by atoms with E-state index in [-0.39, 0.29) is 18.0 Å². The zero-order chi connectivity index (χ0) is 19.4. The number of rotatable bonds is 6. The number of aromatic nitrogens is 1. The van der Waals surface area contributed by atoms with Crippen molar-refractivity contribution in [1.29, 1.82) is 0 Å². The Kier molecular flexibility index (Phi) is 5.45. The lowest BCUT2D eigenvalue weighted by Gasteiger charge is -2.21. The Morgan fingerprint density at radius 2 is 1.70 bits per heavy atom. The van der Waals surface area contributed by atoms with Crippen molar-refractivity contribution in [2.45, 2.75) is 13.5 Å². The van der Waals surface area contributed by atoms with Crippen molar-refractivity contribution >= 4 is 16.8 Å². The molecule has 0 aliphatic heterocycles. The third kappa shape index (κ3) is 3.95. The second-order valence-electron chi connectivity index (χ2n) is 6.13. The number of para-hydroxylation sites is 1. The molecule has 0 spiro atoms. The fraction of sp³-hybridized carbons (Fsp3) is 0.238. The largest absolute Gasteiger partial charge is 0.497 e. The molecule has 0 saturated carbocycles. The number of ether oxygens (including phenoxy) is 2. The van der Waals surface area contributed by atoms with Gasteiger partial charge in [-0.3, -0.25) is 9.59 Å². The summed E-state index contributed by atoms with van der Waals surface area (Å²) in [6, 6.07) is 14.4. The number of hydrogen-bond donors (Lipinski definition) is 1. The van der Waals surface area contributed by atoms with Crippen LogP contribution >= 0.6 is 0 Å². The minimum Gasteiger partial charge on any atom is -0.497 e. The van der Waals surface area contributed by atoms with Crippen molar-refractivity contribution in [2.75, 3.05) is 20.8 Å². The van der Waals surface area contributed by atoms with Gasteiger partial charge in [0.2, 0.25) is 0 Å². The van der Waals surface area contributed by atoms with E-state index in [0.29, 0.717) is 29.2 Å². The predicted octanol–water partition coefficient (Wildman–Crippen LogP) is 3.21. The lowest BCUT2D eigenvalue weighted by Crippen LogP contribution is -2.32. The summed E-state index contributed by atoms with van der Waals surface area (Å²) in [5, 5.41) is 0.929. The Hall–Kier alpha value is -3.28. The summed E-state index contributed by atoms with van der Waals surface area (Å²) in [7, 11) is 3.07. The average Bonchev–Trinajstić information content (AvgIpc) is 2.71. The monoisotopic (exact) mass is 366 g/mol. The molecule has 0 saturated heterocycles. The van der Waals surface area contributed by atoms with Gasteiger partial charge in [0.25, 0.3) is 11.5 Å². The first-order chi connectivity index (χ1) is 13.0. The number of nitrogens with one attached hydrogen (secondary N) is 1. The third-order valence-corrected chi connectivity index (χ3v) is 4.46. The van der Waals surface area contributed by atoms with Gasteiger partial charge in [0, 0.05) is 29.3 Å². The van der Waals surface area contributed by atoms with Crippen molar-refractivity contribution < 1.29 is 14.3 Å². The minimum atomic E-state index is -0.192. The lowest BCUT2D eigenvalue weighted by molar-refractivity contribution is 0.0751. The molecule has 27 heavy (non-hydrogen) atoms. The van der Waals surface area contributed by atoms with Crippen LogP contribution in [0.5, 0.6) is 11.5 Å². The molecule has 0 radical (unpaired) electrons. The van der Waals surface area contributed by atoms with Crippen LogP contribution in [0.1, 0.15) is 22.8 Å². The Labute approximate surface area is 157 Å². The SMILES string of the molecule is CCN(Cc1cc2ccccc2[nH]c1=O)C(=O)c1cc(OC)cc(OC)c1. The van der Waals surface area contributed by atoms with E-state index in [1.54, 1.807) is 23.1 Å². The first-order valence-electron chi connectivity index (χ1n) is 8.69. The molecule has 1 aromatic heterocycles. The maximum Gasteiger partial charge on any atom is 0.254 e. The number of H-pyrrole nitrogens is 1. The summed E-state index contributed by atoms with van der Waals surface area (Å²) in [5.41, 5.74) is 1.57. The van der Waals surface area contributed by atoms with Gasteiger partial charge in [0.15, 0.2) is 0 Å². The van der Waals surface area contributed by atoms with Gasteiger partial charge >= 0.3 is 0 Å². The summed E-state index contributed by atoms with van der Waals surface area (Å²) in [6.07, 6.45) is 0. The van der Waals surface area contributed by atoms with Gasteiger partial charge in [-0.15, -0.1) is 0 Å². The van der Waals surface area contributed by atoms with Crippen LogP contribution in [0.25, 0.3) is 10.9 Å². The minimum absolute atomic E-state index is 0.192. The molecule has 0 aliphatic rings. The molecule has 2 aromatic carbocycles. The van der Waals surface area contributed by atoms with Crippen LogP contribution in [0.2, 0.25) is 0 Å². The summed E-state index contributed by atoms with van der Waals surface area (Å²) in [4.78, 5) is 29.9. The average molecular weight is 366 g/mol. The van der Waals surface area contributed by atoms with Gasteiger partial charge in [0.1, 0.15) is 11.5 Å². The zero-order valence-electron chi connectivity index (χ0n) is 15.6. The molecule has 140 valence electrons.